The number of ether oxygens (including phenoxy) is 1. The number of carbonyl (C=O) groups excluding carboxylic acids is 3. The second kappa shape index (κ2) is 8.07. The second-order valence-corrected chi connectivity index (χ2v) is 7.17. The highest BCUT2D eigenvalue weighted by Crippen LogP contribution is 2.24. The van der Waals surface area contributed by atoms with Crippen molar-refractivity contribution in [3.05, 3.63) is 34.9 Å². The van der Waals surface area contributed by atoms with Crippen LogP contribution >= 0.6 is 0 Å². The lowest BCUT2D eigenvalue weighted by Gasteiger charge is -2.35. The fourth-order valence-corrected chi connectivity index (χ4v) is 3.48. The standard InChI is InChI=1S/C19H23N3O6/c1-12-3-4-14-15(7-12)19(27)22(18(14)26)10-16(23)21-5-6-28-13(9-21)8-20(2)11-17(24)25/h3-4,7,13H,5-6,8-11H2,1-2H3,(H,24,25). The lowest BCUT2D eigenvalue weighted by atomic mass is 10.1. The number of imide groups is 1. The van der Waals surface area contributed by atoms with Crippen molar-refractivity contribution in [1.82, 2.24) is 14.7 Å². The summed E-state index contributed by atoms with van der Waals surface area (Å²) in [5, 5.41) is 8.84. The normalized spacial score (nSPS) is 19.3. The van der Waals surface area contributed by atoms with Gasteiger partial charge < -0.3 is 14.7 Å². The van der Waals surface area contributed by atoms with E-state index in [0.29, 0.717) is 30.8 Å². The number of likely N-dealkylation sites (N-methyl/N-ethyl adjacent to an activating group) is 1. The number of hydrogen-bond acceptors (Lipinski definition) is 6. The van der Waals surface area contributed by atoms with Crippen LogP contribution in [0.25, 0.3) is 0 Å². The van der Waals surface area contributed by atoms with Crippen molar-refractivity contribution in [3.63, 3.8) is 0 Å². The van der Waals surface area contributed by atoms with Gasteiger partial charge in [-0.25, -0.2) is 0 Å². The van der Waals surface area contributed by atoms with E-state index in [1.165, 1.54) is 0 Å². The van der Waals surface area contributed by atoms with Crippen LogP contribution in [0.5, 0.6) is 0 Å². The van der Waals surface area contributed by atoms with Crippen LogP contribution in [0, 0.1) is 6.92 Å². The van der Waals surface area contributed by atoms with Crippen molar-refractivity contribution < 1.29 is 29.0 Å². The predicted molar refractivity (Wildman–Crippen MR) is 98.0 cm³/mol. The Morgan fingerprint density at radius 1 is 1.25 bits per heavy atom. The number of aliphatic carboxylic acids is 1. The van der Waals surface area contributed by atoms with Gasteiger partial charge in [-0.2, -0.15) is 0 Å². The Morgan fingerprint density at radius 3 is 2.68 bits per heavy atom. The van der Waals surface area contributed by atoms with Gasteiger partial charge in [-0.05, 0) is 26.1 Å². The molecule has 2 aliphatic heterocycles. The summed E-state index contributed by atoms with van der Waals surface area (Å²) in [5.74, 6) is -2.19. The Morgan fingerprint density at radius 2 is 1.96 bits per heavy atom. The third kappa shape index (κ3) is 4.20. The number of amides is 3. The molecule has 2 aliphatic rings. The molecule has 1 aromatic rings. The van der Waals surface area contributed by atoms with Gasteiger partial charge in [-0.1, -0.05) is 11.6 Å². The highest BCUT2D eigenvalue weighted by atomic mass is 16.5. The number of benzene rings is 1. The molecule has 1 saturated heterocycles. The SMILES string of the molecule is Cc1ccc2c(c1)C(=O)N(CC(=O)N1CCOC(CN(C)CC(=O)O)C1)C2=O. The molecular formula is C19H23N3O6. The number of fused-ring (bicyclic) bond motifs is 1. The summed E-state index contributed by atoms with van der Waals surface area (Å²) < 4.78 is 5.61. The zero-order valence-corrected chi connectivity index (χ0v) is 15.9. The van der Waals surface area contributed by atoms with Gasteiger partial charge in [0.1, 0.15) is 6.54 Å². The number of morpholine rings is 1. The molecule has 0 spiro atoms. The minimum atomic E-state index is -0.938. The maximum absolute atomic E-state index is 12.7. The van der Waals surface area contributed by atoms with Gasteiger partial charge in [0, 0.05) is 19.6 Å². The molecule has 0 aromatic heterocycles. The van der Waals surface area contributed by atoms with Crippen molar-refractivity contribution in [3.8, 4) is 0 Å². The monoisotopic (exact) mass is 389 g/mol. The zero-order valence-electron chi connectivity index (χ0n) is 15.9. The summed E-state index contributed by atoms with van der Waals surface area (Å²) in [6, 6.07) is 5.02. The number of nitrogens with zero attached hydrogens (tertiary/aromatic N) is 3. The van der Waals surface area contributed by atoms with Gasteiger partial charge >= 0.3 is 5.97 Å². The second-order valence-electron chi connectivity index (χ2n) is 7.17. The maximum atomic E-state index is 12.7. The summed E-state index contributed by atoms with van der Waals surface area (Å²) in [5.41, 5.74) is 1.51. The van der Waals surface area contributed by atoms with Gasteiger partial charge in [0.15, 0.2) is 0 Å². The molecule has 9 heteroatoms. The van der Waals surface area contributed by atoms with E-state index in [-0.39, 0.29) is 31.6 Å². The molecule has 28 heavy (non-hydrogen) atoms. The third-order valence-electron chi connectivity index (χ3n) is 4.83. The molecule has 2 heterocycles. The Hall–Kier alpha value is -2.78. The van der Waals surface area contributed by atoms with E-state index >= 15 is 0 Å². The Labute approximate surface area is 162 Å². The highest BCUT2D eigenvalue weighted by molar-refractivity contribution is 6.22. The first-order valence-electron chi connectivity index (χ1n) is 9.03. The molecule has 3 amide bonds. The molecule has 0 aliphatic carbocycles. The number of hydrogen-bond donors (Lipinski definition) is 1. The molecular weight excluding hydrogens is 366 g/mol. The molecule has 3 rings (SSSR count). The van der Waals surface area contributed by atoms with Crippen LogP contribution in [-0.2, 0) is 14.3 Å². The summed E-state index contributed by atoms with van der Waals surface area (Å²) in [7, 11) is 1.67. The molecule has 0 bridgehead atoms. The third-order valence-corrected chi connectivity index (χ3v) is 4.83. The first-order chi connectivity index (χ1) is 13.3. The van der Waals surface area contributed by atoms with Gasteiger partial charge in [0.25, 0.3) is 11.8 Å². The van der Waals surface area contributed by atoms with Gasteiger partial charge in [-0.15, -0.1) is 0 Å². The topological polar surface area (TPSA) is 107 Å². The van der Waals surface area contributed by atoms with Gasteiger partial charge in [-0.3, -0.25) is 29.0 Å². The predicted octanol–water partition coefficient (Wildman–Crippen LogP) is -0.165. The molecule has 1 unspecified atom stereocenters. The number of rotatable bonds is 6. The average molecular weight is 389 g/mol. The van der Waals surface area contributed by atoms with E-state index in [1.54, 1.807) is 35.0 Å². The van der Waals surface area contributed by atoms with E-state index < -0.39 is 17.8 Å². The van der Waals surface area contributed by atoms with Crippen LogP contribution < -0.4 is 0 Å². The van der Waals surface area contributed by atoms with Crippen molar-refractivity contribution in [2.45, 2.75) is 13.0 Å². The molecule has 0 saturated carbocycles. The average Bonchev–Trinajstić information content (AvgIpc) is 2.85. The molecule has 1 atom stereocenters. The summed E-state index contributed by atoms with van der Waals surface area (Å²) in [6.45, 7) is 2.72. The van der Waals surface area contributed by atoms with E-state index in [2.05, 4.69) is 0 Å². The molecule has 0 radical (unpaired) electrons. The van der Waals surface area contributed by atoms with Gasteiger partial charge in [0.05, 0.1) is 30.4 Å². The lowest BCUT2D eigenvalue weighted by Crippen LogP contribution is -2.52. The van der Waals surface area contributed by atoms with Crippen molar-refractivity contribution >= 4 is 23.7 Å². The summed E-state index contributed by atoms with van der Waals surface area (Å²) in [6.07, 6.45) is -0.327. The zero-order chi connectivity index (χ0) is 20.4. The lowest BCUT2D eigenvalue weighted by molar-refractivity contribution is -0.142. The minimum absolute atomic E-state index is 0.123. The van der Waals surface area contributed by atoms with Crippen LogP contribution in [0.3, 0.4) is 0 Å². The van der Waals surface area contributed by atoms with Gasteiger partial charge in [0.2, 0.25) is 5.91 Å². The van der Waals surface area contributed by atoms with Crippen LogP contribution in [0.2, 0.25) is 0 Å². The van der Waals surface area contributed by atoms with E-state index in [0.717, 1.165) is 10.5 Å². The molecule has 9 nitrogen and oxygen atoms in total. The maximum Gasteiger partial charge on any atom is 0.317 e. The molecule has 150 valence electrons. The Kier molecular flexibility index (Phi) is 5.76. The minimum Gasteiger partial charge on any atom is -0.480 e. The first kappa shape index (κ1) is 20.0. The highest BCUT2D eigenvalue weighted by Gasteiger charge is 2.38. The van der Waals surface area contributed by atoms with Crippen molar-refractivity contribution in [2.24, 2.45) is 0 Å². The fraction of sp³-hybridized carbons (Fsp3) is 0.474. The van der Waals surface area contributed by atoms with Crippen LogP contribution in [-0.4, -0.2) is 96.0 Å². The number of aryl methyl sites for hydroxylation is 1. The molecule has 1 N–H and O–H groups in total. The van der Waals surface area contributed by atoms with Crippen LogP contribution in [0.15, 0.2) is 18.2 Å². The van der Waals surface area contributed by atoms with E-state index in [9.17, 15) is 19.2 Å². The van der Waals surface area contributed by atoms with Crippen LogP contribution in [0.4, 0.5) is 0 Å². The smallest absolute Gasteiger partial charge is 0.317 e. The molecule has 1 aromatic carbocycles. The number of carbonyl (C=O) groups is 4. The van der Waals surface area contributed by atoms with E-state index in [4.69, 9.17) is 9.84 Å². The quantitative estimate of drug-likeness (QED) is 0.674. The van der Waals surface area contributed by atoms with Crippen molar-refractivity contribution in [2.75, 3.05) is 46.4 Å². The number of carboxylic acid groups (broad SMARTS) is 1. The fourth-order valence-electron chi connectivity index (χ4n) is 3.48. The largest absolute Gasteiger partial charge is 0.480 e. The van der Waals surface area contributed by atoms with Crippen LogP contribution in [0.1, 0.15) is 26.3 Å². The first-order valence-corrected chi connectivity index (χ1v) is 9.03. The Balaban J connectivity index is 1.61. The van der Waals surface area contributed by atoms with Crippen molar-refractivity contribution in [1.29, 1.82) is 0 Å². The number of carboxylic acids is 1. The summed E-state index contributed by atoms with van der Waals surface area (Å²) in [4.78, 5) is 52.6. The summed E-state index contributed by atoms with van der Waals surface area (Å²) >= 11 is 0. The Bertz CT molecular complexity index is 824. The van der Waals surface area contributed by atoms with E-state index in [1.807, 2.05) is 6.92 Å². The molecule has 1 fully saturated rings.